The fraction of sp³-hybridized carbons (Fsp3) is 0.562. The van der Waals surface area contributed by atoms with E-state index in [1.54, 1.807) is 6.07 Å². The smallest absolute Gasteiger partial charge is 0.293 e. The molecule has 0 aliphatic carbocycles. The fourth-order valence-electron chi connectivity index (χ4n) is 2.33. The molecular formula is C16H24N2O6Si. The molecule has 0 spiro atoms. The van der Waals surface area contributed by atoms with Crippen molar-refractivity contribution >= 4 is 25.9 Å². The maximum atomic E-state index is 11.4. The van der Waals surface area contributed by atoms with E-state index in [4.69, 9.17) is 14.2 Å². The summed E-state index contributed by atoms with van der Waals surface area (Å²) in [4.78, 5) is 23.5. The van der Waals surface area contributed by atoms with Crippen LogP contribution in [0, 0.1) is 10.1 Å². The van der Waals surface area contributed by atoms with Crippen molar-refractivity contribution in [1.29, 1.82) is 0 Å². The Labute approximate surface area is 147 Å². The summed E-state index contributed by atoms with van der Waals surface area (Å²) in [6.45, 7) is 8.08. The number of anilines is 1. The minimum absolute atomic E-state index is 0.0232. The molecule has 138 valence electrons. The van der Waals surface area contributed by atoms with E-state index < -0.39 is 19.3 Å². The van der Waals surface area contributed by atoms with Gasteiger partial charge in [-0.25, -0.2) is 0 Å². The summed E-state index contributed by atoms with van der Waals surface area (Å²) in [6.07, 6.45) is -0.0653. The standard InChI is InChI=1S/C16H24N2O6Si/c1-25(2,3)9-8-22-12-17(11-19)14-5-4-13(10-15(14)18(20)21)16-23-6-7-24-16/h4-5,10-11,16H,6-9,12H2,1-3H3. The number of nitro groups is 1. The summed E-state index contributed by atoms with van der Waals surface area (Å²) in [7, 11) is -1.24. The third kappa shape index (κ3) is 5.60. The van der Waals surface area contributed by atoms with Gasteiger partial charge in [-0.1, -0.05) is 25.7 Å². The summed E-state index contributed by atoms with van der Waals surface area (Å²) in [5.74, 6) is 0. The Morgan fingerprint density at radius 2 is 2.04 bits per heavy atom. The zero-order valence-corrected chi connectivity index (χ0v) is 15.8. The van der Waals surface area contributed by atoms with Crippen molar-refractivity contribution in [3.8, 4) is 0 Å². The summed E-state index contributed by atoms with van der Waals surface area (Å²) < 4.78 is 16.3. The first kappa shape index (κ1) is 19.5. The molecule has 0 N–H and O–H groups in total. The number of hydrogen-bond donors (Lipinski definition) is 0. The Kier molecular flexibility index (Phi) is 6.65. The van der Waals surface area contributed by atoms with Crippen molar-refractivity contribution in [2.24, 2.45) is 0 Å². The largest absolute Gasteiger partial charge is 0.361 e. The zero-order chi connectivity index (χ0) is 18.4. The molecule has 25 heavy (non-hydrogen) atoms. The van der Waals surface area contributed by atoms with E-state index in [2.05, 4.69) is 19.6 Å². The number of rotatable bonds is 9. The average Bonchev–Trinajstić information content (AvgIpc) is 3.08. The van der Waals surface area contributed by atoms with Gasteiger partial charge in [-0.15, -0.1) is 0 Å². The molecule has 1 saturated heterocycles. The molecule has 0 atom stereocenters. The maximum Gasteiger partial charge on any atom is 0.293 e. The molecule has 2 rings (SSSR count). The van der Waals surface area contributed by atoms with Gasteiger partial charge in [0.25, 0.3) is 5.69 Å². The average molecular weight is 368 g/mol. The molecule has 0 bridgehead atoms. The number of ether oxygens (including phenoxy) is 3. The van der Waals surface area contributed by atoms with E-state index in [0.717, 1.165) is 6.04 Å². The first-order valence-electron chi connectivity index (χ1n) is 8.13. The van der Waals surface area contributed by atoms with Gasteiger partial charge in [-0.05, 0) is 12.1 Å². The first-order chi connectivity index (χ1) is 11.8. The molecular weight excluding hydrogens is 344 g/mol. The lowest BCUT2D eigenvalue weighted by Gasteiger charge is -2.20. The Bertz CT molecular complexity index is 613. The van der Waals surface area contributed by atoms with Gasteiger partial charge in [-0.3, -0.25) is 19.8 Å². The summed E-state index contributed by atoms with van der Waals surface area (Å²) in [5.41, 5.74) is 0.561. The number of nitrogens with zero attached hydrogens (tertiary/aromatic N) is 2. The number of carbonyl (C=O) groups excluding carboxylic acids is 1. The van der Waals surface area contributed by atoms with Crippen LogP contribution in [0.25, 0.3) is 0 Å². The SMILES string of the molecule is C[Si](C)(C)CCOCN(C=O)c1ccc(C2OCCO2)cc1[N+](=O)[O-]. The summed E-state index contributed by atoms with van der Waals surface area (Å²) >= 11 is 0. The second-order valence-corrected chi connectivity index (χ2v) is 12.6. The highest BCUT2D eigenvalue weighted by Crippen LogP contribution is 2.33. The van der Waals surface area contributed by atoms with Crippen LogP contribution in [0.3, 0.4) is 0 Å². The summed E-state index contributed by atoms with van der Waals surface area (Å²) in [5, 5.41) is 11.4. The molecule has 1 amide bonds. The third-order valence-electron chi connectivity index (χ3n) is 3.75. The fourth-order valence-corrected chi connectivity index (χ4v) is 3.08. The number of amides is 1. The van der Waals surface area contributed by atoms with E-state index >= 15 is 0 Å². The van der Waals surface area contributed by atoms with Gasteiger partial charge >= 0.3 is 0 Å². The lowest BCUT2D eigenvalue weighted by Crippen LogP contribution is -2.28. The number of nitro benzene ring substituents is 1. The quantitative estimate of drug-likeness (QED) is 0.166. The van der Waals surface area contributed by atoms with Gasteiger partial charge < -0.3 is 14.2 Å². The summed E-state index contributed by atoms with van der Waals surface area (Å²) in [6, 6.07) is 5.52. The molecule has 0 unspecified atom stereocenters. The Morgan fingerprint density at radius 1 is 1.36 bits per heavy atom. The van der Waals surface area contributed by atoms with E-state index in [1.165, 1.54) is 17.0 Å². The maximum absolute atomic E-state index is 11.4. The van der Waals surface area contributed by atoms with Crippen LogP contribution in [0.2, 0.25) is 25.7 Å². The van der Waals surface area contributed by atoms with Crippen molar-refractivity contribution in [3.05, 3.63) is 33.9 Å². The highest BCUT2D eigenvalue weighted by Gasteiger charge is 2.25. The van der Waals surface area contributed by atoms with Crippen LogP contribution in [-0.4, -0.2) is 46.0 Å². The Morgan fingerprint density at radius 3 is 2.60 bits per heavy atom. The van der Waals surface area contributed by atoms with Crippen LogP contribution in [0.1, 0.15) is 11.9 Å². The van der Waals surface area contributed by atoms with Crippen LogP contribution < -0.4 is 4.90 Å². The second kappa shape index (κ2) is 8.52. The molecule has 9 heteroatoms. The highest BCUT2D eigenvalue weighted by molar-refractivity contribution is 6.76. The van der Waals surface area contributed by atoms with E-state index in [0.29, 0.717) is 31.8 Å². The van der Waals surface area contributed by atoms with Gasteiger partial charge in [0.1, 0.15) is 12.4 Å². The highest BCUT2D eigenvalue weighted by atomic mass is 28.3. The number of hydrogen-bond acceptors (Lipinski definition) is 6. The molecule has 8 nitrogen and oxygen atoms in total. The molecule has 1 aliphatic rings. The molecule has 0 aromatic heterocycles. The Balaban J connectivity index is 2.11. The van der Waals surface area contributed by atoms with Gasteiger partial charge in [0, 0.05) is 26.3 Å². The van der Waals surface area contributed by atoms with Crippen LogP contribution >= 0.6 is 0 Å². The van der Waals surface area contributed by atoms with Gasteiger partial charge in [0.05, 0.1) is 18.1 Å². The number of benzene rings is 1. The van der Waals surface area contributed by atoms with Crippen LogP contribution in [0.15, 0.2) is 18.2 Å². The molecule has 1 aromatic carbocycles. The lowest BCUT2D eigenvalue weighted by atomic mass is 10.1. The van der Waals surface area contributed by atoms with Crippen molar-refractivity contribution in [3.63, 3.8) is 0 Å². The molecule has 0 radical (unpaired) electrons. The molecule has 0 saturated carbocycles. The minimum Gasteiger partial charge on any atom is -0.361 e. The predicted molar refractivity (Wildman–Crippen MR) is 95.3 cm³/mol. The molecule has 1 fully saturated rings. The second-order valence-electron chi connectivity index (χ2n) is 7.00. The molecule has 1 heterocycles. The Hall–Kier alpha value is -1.81. The topological polar surface area (TPSA) is 91.1 Å². The van der Waals surface area contributed by atoms with Gasteiger partial charge in [-0.2, -0.15) is 0 Å². The van der Waals surface area contributed by atoms with Crippen LogP contribution in [0.4, 0.5) is 11.4 Å². The van der Waals surface area contributed by atoms with E-state index in [9.17, 15) is 14.9 Å². The lowest BCUT2D eigenvalue weighted by molar-refractivity contribution is -0.384. The van der Waals surface area contributed by atoms with Crippen molar-refractivity contribution in [2.45, 2.75) is 32.0 Å². The van der Waals surface area contributed by atoms with Gasteiger partial charge in [0.2, 0.25) is 6.41 Å². The molecule has 1 aromatic rings. The van der Waals surface area contributed by atoms with Crippen LogP contribution in [-0.2, 0) is 19.0 Å². The van der Waals surface area contributed by atoms with Crippen molar-refractivity contribution < 1.29 is 23.9 Å². The zero-order valence-electron chi connectivity index (χ0n) is 14.8. The molecule has 1 aliphatic heterocycles. The number of carbonyl (C=O) groups is 1. The van der Waals surface area contributed by atoms with Crippen LogP contribution in [0.5, 0.6) is 0 Å². The minimum atomic E-state index is -1.24. The monoisotopic (exact) mass is 368 g/mol. The third-order valence-corrected chi connectivity index (χ3v) is 5.46. The van der Waals surface area contributed by atoms with Gasteiger partial charge in [0.15, 0.2) is 6.29 Å². The normalized spacial score (nSPS) is 15.3. The first-order valence-corrected chi connectivity index (χ1v) is 11.8. The van der Waals surface area contributed by atoms with E-state index in [-0.39, 0.29) is 18.1 Å². The van der Waals surface area contributed by atoms with E-state index in [1.807, 2.05) is 0 Å². The predicted octanol–water partition coefficient (Wildman–Crippen LogP) is 2.92. The van der Waals surface area contributed by atoms with Crippen molar-refractivity contribution in [1.82, 2.24) is 0 Å². The van der Waals surface area contributed by atoms with Crippen molar-refractivity contribution in [2.75, 3.05) is 31.5 Å².